The van der Waals surface area contributed by atoms with Crippen molar-refractivity contribution in [3.63, 3.8) is 0 Å². The van der Waals surface area contributed by atoms with Gasteiger partial charge in [-0.3, -0.25) is 9.36 Å². The Morgan fingerprint density at radius 2 is 1.89 bits per heavy atom. The Bertz CT molecular complexity index is 2250. The molecular weight excluding hydrogens is 633 g/mol. The van der Waals surface area contributed by atoms with Crippen LogP contribution >= 0.6 is 34.5 Å². The second-order valence-electron chi connectivity index (χ2n) is 10.8. The monoisotopic (exact) mass is 659 g/mol. The van der Waals surface area contributed by atoms with Crippen molar-refractivity contribution in [3.05, 3.63) is 124 Å². The molecule has 45 heavy (non-hydrogen) atoms. The number of fused-ring (bicyclic) bond motifs is 3. The van der Waals surface area contributed by atoms with Gasteiger partial charge in [-0.15, -0.1) is 0 Å². The summed E-state index contributed by atoms with van der Waals surface area (Å²) in [6.45, 7) is 6.38. The predicted octanol–water partition coefficient (Wildman–Crippen LogP) is 6.15. The molecule has 0 N–H and O–H groups in total. The van der Waals surface area contributed by atoms with E-state index in [4.69, 9.17) is 42.4 Å². The predicted molar refractivity (Wildman–Crippen MR) is 175 cm³/mol. The first kappa shape index (κ1) is 29.4. The van der Waals surface area contributed by atoms with Crippen LogP contribution in [0.3, 0.4) is 0 Å². The lowest BCUT2D eigenvalue weighted by Crippen LogP contribution is -2.39. The average Bonchev–Trinajstić information content (AvgIpc) is 3.68. The van der Waals surface area contributed by atoms with Gasteiger partial charge in [0.1, 0.15) is 0 Å². The SMILES string of the molecule is CCOC(=O)C1=C(C)N=c2sc(=Cc3c(C)n(Cc4ccc(Cl)cc4Cl)c4ccccc34)c(=O)n2C1c1ccc2c(c1)OCO2. The molecule has 228 valence electrons. The number of halogens is 2. The zero-order chi connectivity index (χ0) is 31.4. The maximum atomic E-state index is 14.3. The van der Waals surface area contributed by atoms with Gasteiger partial charge in [-0.25, -0.2) is 9.79 Å². The molecule has 11 heteroatoms. The third-order valence-electron chi connectivity index (χ3n) is 8.13. The number of allylic oxidation sites excluding steroid dienone is 1. The summed E-state index contributed by atoms with van der Waals surface area (Å²) >= 11 is 14.0. The Morgan fingerprint density at radius 1 is 1.09 bits per heavy atom. The molecule has 3 aromatic carbocycles. The molecule has 1 unspecified atom stereocenters. The fourth-order valence-electron chi connectivity index (χ4n) is 5.99. The summed E-state index contributed by atoms with van der Waals surface area (Å²) in [4.78, 5) is 32.8. The Hall–Kier alpha value is -4.31. The highest BCUT2D eigenvalue weighted by molar-refractivity contribution is 7.07. The molecule has 0 aliphatic carbocycles. The lowest BCUT2D eigenvalue weighted by molar-refractivity contribution is -0.139. The molecule has 0 bridgehead atoms. The van der Waals surface area contributed by atoms with Crippen LogP contribution in [0.15, 0.2) is 81.7 Å². The Morgan fingerprint density at radius 3 is 2.69 bits per heavy atom. The van der Waals surface area contributed by atoms with Gasteiger partial charge in [0.2, 0.25) is 6.79 Å². The third-order valence-corrected chi connectivity index (χ3v) is 9.70. The Balaban J connectivity index is 1.41. The van der Waals surface area contributed by atoms with E-state index < -0.39 is 12.0 Å². The van der Waals surface area contributed by atoms with E-state index in [9.17, 15) is 9.59 Å². The lowest BCUT2D eigenvalue weighted by Gasteiger charge is -2.24. The second kappa shape index (κ2) is 11.6. The van der Waals surface area contributed by atoms with E-state index in [0.29, 0.717) is 54.3 Å². The number of rotatable bonds is 6. The van der Waals surface area contributed by atoms with Gasteiger partial charge in [-0.1, -0.05) is 64.9 Å². The van der Waals surface area contributed by atoms with Crippen molar-refractivity contribution in [2.75, 3.05) is 13.4 Å². The number of ether oxygens (including phenoxy) is 3. The van der Waals surface area contributed by atoms with Crippen LogP contribution in [0.4, 0.5) is 0 Å². The highest BCUT2D eigenvalue weighted by Gasteiger charge is 2.34. The van der Waals surface area contributed by atoms with Crippen molar-refractivity contribution in [3.8, 4) is 11.5 Å². The van der Waals surface area contributed by atoms with Crippen molar-refractivity contribution in [1.29, 1.82) is 0 Å². The lowest BCUT2D eigenvalue weighted by atomic mass is 9.95. The van der Waals surface area contributed by atoms with Gasteiger partial charge in [-0.05, 0) is 68.3 Å². The van der Waals surface area contributed by atoms with Crippen LogP contribution in [0, 0.1) is 6.92 Å². The van der Waals surface area contributed by atoms with Gasteiger partial charge in [0, 0.05) is 38.8 Å². The molecule has 0 saturated heterocycles. The van der Waals surface area contributed by atoms with E-state index in [1.165, 1.54) is 11.3 Å². The molecule has 8 nitrogen and oxygen atoms in total. The first-order valence-corrected chi connectivity index (χ1v) is 15.9. The molecule has 2 aliphatic heterocycles. The van der Waals surface area contributed by atoms with E-state index in [2.05, 4.69) is 10.6 Å². The summed E-state index contributed by atoms with van der Waals surface area (Å²) in [5, 5.41) is 2.17. The van der Waals surface area contributed by atoms with Gasteiger partial charge >= 0.3 is 5.97 Å². The van der Waals surface area contributed by atoms with E-state index in [0.717, 1.165) is 27.7 Å². The van der Waals surface area contributed by atoms with Crippen LogP contribution < -0.4 is 24.4 Å². The minimum atomic E-state index is -0.758. The van der Waals surface area contributed by atoms with E-state index >= 15 is 0 Å². The summed E-state index contributed by atoms with van der Waals surface area (Å²) in [7, 11) is 0. The quantitative estimate of drug-likeness (QED) is 0.204. The van der Waals surface area contributed by atoms with Crippen LogP contribution in [0.2, 0.25) is 10.0 Å². The van der Waals surface area contributed by atoms with Gasteiger partial charge < -0.3 is 18.8 Å². The van der Waals surface area contributed by atoms with Gasteiger partial charge in [-0.2, -0.15) is 0 Å². The van der Waals surface area contributed by atoms with E-state index in [1.54, 1.807) is 30.5 Å². The minimum absolute atomic E-state index is 0.109. The first-order valence-electron chi connectivity index (χ1n) is 14.4. The Labute approximate surface area is 272 Å². The minimum Gasteiger partial charge on any atom is -0.463 e. The van der Waals surface area contributed by atoms with Crippen molar-refractivity contribution in [2.24, 2.45) is 4.99 Å². The van der Waals surface area contributed by atoms with Crippen LogP contribution in [0.5, 0.6) is 11.5 Å². The zero-order valence-electron chi connectivity index (χ0n) is 24.6. The number of aromatic nitrogens is 2. The molecule has 0 spiro atoms. The number of carbonyl (C=O) groups is 1. The zero-order valence-corrected chi connectivity index (χ0v) is 26.9. The van der Waals surface area contributed by atoms with Gasteiger partial charge in [0.15, 0.2) is 16.3 Å². The molecule has 0 amide bonds. The summed E-state index contributed by atoms with van der Waals surface area (Å²) in [6, 6.07) is 18.2. The normalized spacial score (nSPS) is 15.8. The molecular formula is C34H27Cl2N3O5S. The van der Waals surface area contributed by atoms with Crippen LogP contribution in [-0.2, 0) is 16.1 Å². The third kappa shape index (κ3) is 5.05. The summed E-state index contributed by atoms with van der Waals surface area (Å²) in [5.41, 5.74) is 5.08. The summed E-state index contributed by atoms with van der Waals surface area (Å²) < 4.78 is 20.8. The molecule has 0 fully saturated rings. The highest BCUT2D eigenvalue weighted by atomic mass is 35.5. The molecule has 0 radical (unpaired) electrons. The number of para-hydroxylation sites is 1. The molecule has 1 atom stereocenters. The highest BCUT2D eigenvalue weighted by Crippen LogP contribution is 2.38. The topological polar surface area (TPSA) is 84.1 Å². The van der Waals surface area contributed by atoms with Crippen molar-refractivity contribution in [1.82, 2.24) is 9.13 Å². The number of hydrogen-bond donors (Lipinski definition) is 0. The standard InChI is InChI=1S/C34H27Cl2N3O5S/c1-4-42-33(41)30-18(2)37-34-39(31(30)20-10-12-27-28(13-20)44-17-43-27)32(40)29(45-34)15-24-19(3)38(26-8-6-5-7-23(24)26)16-21-9-11-22(35)14-25(21)36/h5-15,31H,4,16-17H2,1-3H3. The maximum Gasteiger partial charge on any atom is 0.338 e. The second-order valence-corrected chi connectivity index (χ2v) is 12.6. The average molecular weight is 661 g/mol. The molecule has 0 saturated carbocycles. The van der Waals surface area contributed by atoms with Gasteiger partial charge in [0.05, 0.1) is 28.5 Å². The fraction of sp³-hybridized carbons (Fsp3) is 0.206. The summed E-state index contributed by atoms with van der Waals surface area (Å²) in [5.74, 6) is 0.642. The molecule has 5 aromatic rings. The Kier molecular flexibility index (Phi) is 7.55. The number of nitrogens with zero attached hydrogens (tertiary/aromatic N) is 3. The van der Waals surface area contributed by atoms with Crippen LogP contribution in [0.1, 0.15) is 42.3 Å². The van der Waals surface area contributed by atoms with E-state index in [1.807, 2.05) is 55.5 Å². The molecule has 7 rings (SSSR count). The first-order chi connectivity index (χ1) is 21.7. The fourth-order valence-corrected chi connectivity index (χ4v) is 7.48. The number of esters is 1. The maximum absolute atomic E-state index is 14.3. The number of benzene rings is 3. The molecule has 2 aliphatic rings. The van der Waals surface area contributed by atoms with Crippen molar-refractivity contribution >= 4 is 57.5 Å². The number of hydrogen-bond acceptors (Lipinski definition) is 7. The summed E-state index contributed by atoms with van der Waals surface area (Å²) in [6.07, 6.45) is 1.92. The largest absolute Gasteiger partial charge is 0.463 e. The smallest absolute Gasteiger partial charge is 0.338 e. The van der Waals surface area contributed by atoms with E-state index in [-0.39, 0.29) is 19.0 Å². The number of thiazole rings is 1. The van der Waals surface area contributed by atoms with Crippen molar-refractivity contribution in [2.45, 2.75) is 33.4 Å². The molecule has 4 heterocycles. The van der Waals surface area contributed by atoms with Crippen molar-refractivity contribution < 1.29 is 19.0 Å². The van der Waals surface area contributed by atoms with Crippen LogP contribution in [0.25, 0.3) is 17.0 Å². The molecule has 2 aromatic heterocycles. The van der Waals surface area contributed by atoms with Gasteiger partial charge in [0.25, 0.3) is 5.56 Å². The number of carbonyl (C=O) groups excluding carboxylic acids is 1. The van der Waals surface area contributed by atoms with Crippen LogP contribution in [-0.4, -0.2) is 28.5 Å².